The van der Waals surface area contributed by atoms with Gasteiger partial charge in [0.25, 0.3) is 5.56 Å². The third-order valence-corrected chi connectivity index (χ3v) is 2.86. The Hall–Kier alpha value is -1.67. The highest BCUT2D eigenvalue weighted by Crippen LogP contribution is 2.15. The van der Waals surface area contributed by atoms with Crippen LogP contribution in [0.4, 0.5) is 5.69 Å². The number of nitrogens with one attached hydrogen (secondary N) is 1. The van der Waals surface area contributed by atoms with Crippen LogP contribution in [0.15, 0.2) is 28.1 Å². The Balaban J connectivity index is 2.55. The predicted molar refractivity (Wildman–Crippen MR) is 74.9 cm³/mol. The molecule has 0 aliphatic rings. The van der Waals surface area contributed by atoms with E-state index in [4.69, 9.17) is 10.5 Å². The molecule has 0 atom stereocenters. The minimum absolute atomic E-state index is 0.123. The van der Waals surface area contributed by atoms with Gasteiger partial charge >= 0.3 is 0 Å². The first-order chi connectivity index (χ1) is 9.06. The number of aromatic nitrogens is 2. The Bertz CT molecular complexity index is 515. The lowest BCUT2D eigenvalue weighted by molar-refractivity contribution is -0.122. The van der Waals surface area contributed by atoms with Crippen molar-refractivity contribution in [2.75, 3.05) is 25.1 Å². The van der Waals surface area contributed by atoms with Crippen molar-refractivity contribution in [3.05, 3.63) is 33.7 Å². The molecule has 0 unspecified atom stereocenters. The van der Waals surface area contributed by atoms with E-state index in [1.165, 1.54) is 10.9 Å². The van der Waals surface area contributed by atoms with Gasteiger partial charge in [-0.05, 0) is 15.9 Å². The largest absolute Gasteiger partial charge is 0.380 e. The van der Waals surface area contributed by atoms with Gasteiger partial charge in [-0.3, -0.25) is 9.59 Å². The predicted octanol–water partition coefficient (Wildman–Crippen LogP) is 0.106. The number of ether oxygens (including phenoxy) is 1. The molecular formula is C11H15BrN4O3. The van der Waals surface area contributed by atoms with E-state index in [2.05, 4.69) is 32.9 Å². The van der Waals surface area contributed by atoms with Crippen molar-refractivity contribution in [3.8, 4) is 0 Å². The van der Waals surface area contributed by atoms with Crippen molar-refractivity contribution >= 4 is 27.5 Å². The molecule has 0 aromatic carbocycles. The van der Waals surface area contributed by atoms with E-state index in [9.17, 15) is 9.59 Å². The van der Waals surface area contributed by atoms with Crippen molar-refractivity contribution < 1.29 is 9.53 Å². The van der Waals surface area contributed by atoms with Gasteiger partial charge in [0.05, 0.1) is 25.0 Å². The standard InChI is InChI=1S/C11H15BrN4O3/c1-2-4-16-11(18)10(12)8(6-15-16)14-3-5-19-7-9(13)17/h2,6,14H,1,3-5,7H2,(H2,13,17). The van der Waals surface area contributed by atoms with Crippen LogP contribution in [0.1, 0.15) is 0 Å². The van der Waals surface area contributed by atoms with Gasteiger partial charge in [-0.25, -0.2) is 4.68 Å². The number of rotatable bonds is 8. The number of halogens is 1. The molecule has 0 radical (unpaired) electrons. The SMILES string of the molecule is C=CCn1ncc(NCCOCC(N)=O)c(Br)c1=O. The van der Waals surface area contributed by atoms with Crippen LogP contribution in [0, 0.1) is 0 Å². The van der Waals surface area contributed by atoms with Crippen LogP contribution >= 0.6 is 15.9 Å². The van der Waals surface area contributed by atoms with E-state index in [1.807, 2.05) is 0 Å². The van der Waals surface area contributed by atoms with Crippen LogP contribution in [0.3, 0.4) is 0 Å². The Morgan fingerprint density at radius 2 is 2.42 bits per heavy atom. The van der Waals surface area contributed by atoms with Gasteiger partial charge in [0, 0.05) is 6.54 Å². The number of nitrogens with two attached hydrogens (primary N) is 1. The molecule has 0 saturated carbocycles. The molecule has 104 valence electrons. The Kier molecular flexibility index (Phi) is 6.23. The van der Waals surface area contributed by atoms with Crippen molar-refractivity contribution in [1.82, 2.24) is 9.78 Å². The number of hydrogen-bond acceptors (Lipinski definition) is 5. The Morgan fingerprint density at radius 3 is 3.05 bits per heavy atom. The fourth-order valence-electron chi connectivity index (χ4n) is 1.27. The highest BCUT2D eigenvalue weighted by Gasteiger charge is 2.07. The van der Waals surface area contributed by atoms with Gasteiger partial charge in [-0.15, -0.1) is 6.58 Å². The molecular weight excluding hydrogens is 316 g/mol. The molecule has 0 bridgehead atoms. The molecule has 0 aliphatic heterocycles. The monoisotopic (exact) mass is 330 g/mol. The summed E-state index contributed by atoms with van der Waals surface area (Å²) in [7, 11) is 0. The molecule has 1 aromatic heterocycles. The van der Waals surface area contributed by atoms with E-state index >= 15 is 0 Å². The van der Waals surface area contributed by atoms with Crippen LogP contribution in [0.2, 0.25) is 0 Å². The van der Waals surface area contributed by atoms with E-state index < -0.39 is 5.91 Å². The van der Waals surface area contributed by atoms with Gasteiger partial charge in [0.15, 0.2) is 0 Å². The number of nitrogens with zero attached hydrogens (tertiary/aromatic N) is 2. The van der Waals surface area contributed by atoms with Crippen LogP contribution in [0.25, 0.3) is 0 Å². The maximum absolute atomic E-state index is 11.8. The zero-order valence-corrected chi connectivity index (χ0v) is 11.9. The lowest BCUT2D eigenvalue weighted by Gasteiger charge is -2.09. The van der Waals surface area contributed by atoms with E-state index in [-0.39, 0.29) is 12.2 Å². The van der Waals surface area contributed by atoms with Crippen LogP contribution in [-0.2, 0) is 16.1 Å². The first kappa shape index (κ1) is 15.4. The smallest absolute Gasteiger partial charge is 0.283 e. The first-order valence-electron chi connectivity index (χ1n) is 5.52. The van der Waals surface area contributed by atoms with E-state index in [0.29, 0.717) is 29.9 Å². The molecule has 8 heteroatoms. The van der Waals surface area contributed by atoms with Crippen molar-refractivity contribution in [1.29, 1.82) is 0 Å². The summed E-state index contributed by atoms with van der Waals surface area (Å²) in [5, 5.41) is 6.95. The Morgan fingerprint density at radius 1 is 1.68 bits per heavy atom. The number of carbonyl (C=O) groups excluding carboxylic acids is 1. The second kappa shape index (κ2) is 7.70. The Labute approximate surface area is 118 Å². The molecule has 1 heterocycles. The van der Waals surface area contributed by atoms with Crippen LogP contribution in [-0.4, -0.2) is 35.4 Å². The molecule has 1 amide bonds. The van der Waals surface area contributed by atoms with Crippen LogP contribution in [0.5, 0.6) is 0 Å². The second-order valence-electron chi connectivity index (χ2n) is 3.59. The van der Waals surface area contributed by atoms with Crippen molar-refractivity contribution in [3.63, 3.8) is 0 Å². The second-order valence-corrected chi connectivity index (χ2v) is 4.39. The average molecular weight is 331 g/mol. The van der Waals surface area contributed by atoms with Crippen LogP contribution < -0.4 is 16.6 Å². The summed E-state index contributed by atoms with van der Waals surface area (Å²) in [6.45, 7) is 4.50. The lowest BCUT2D eigenvalue weighted by Crippen LogP contribution is -2.25. The van der Waals surface area contributed by atoms with Gasteiger partial charge in [0.1, 0.15) is 11.1 Å². The minimum Gasteiger partial charge on any atom is -0.380 e. The van der Waals surface area contributed by atoms with Gasteiger partial charge < -0.3 is 15.8 Å². The summed E-state index contributed by atoms with van der Waals surface area (Å²) in [5.41, 5.74) is 5.24. The van der Waals surface area contributed by atoms with E-state index in [0.717, 1.165) is 0 Å². The van der Waals surface area contributed by atoms with Crippen molar-refractivity contribution in [2.45, 2.75) is 6.54 Å². The van der Waals surface area contributed by atoms with E-state index in [1.54, 1.807) is 6.08 Å². The molecule has 0 fully saturated rings. The summed E-state index contributed by atoms with van der Waals surface area (Å²) in [4.78, 5) is 22.3. The fourth-order valence-corrected chi connectivity index (χ4v) is 1.72. The first-order valence-corrected chi connectivity index (χ1v) is 6.32. The molecule has 0 spiro atoms. The molecule has 0 saturated heterocycles. The highest BCUT2D eigenvalue weighted by molar-refractivity contribution is 9.10. The summed E-state index contributed by atoms with van der Waals surface area (Å²) in [6.07, 6.45) is 3.12. The minimum atomic E-state index is -0.519. The lowest BCUT2D eigenvalue weighted by atomic mass is 10.4. The summed E-state index contributed by atoms with van der Waals surface area (Å²) in [5.74, 6) is -0.519. The third-order valence-electron chi connectivity index (χ3n) is 2.09. The maximum atomic E-state index is 11.8. The number of hydrogen-bond donors (Lipinski definition) is 2. The maximum Gasteiger partial charge on any atom is 0.283 e. The zero-order chi connectivity index (χ0) is 14.3. The number of primary amides is 1. The number of amides is 1. The number of allylic oxidation sites excluding steroid dienone is 1. The zero-order valence-electron chi connectivity index (χ0n) is 10.3. The van der Waals surface area contributed by atoms with Gasteiger partial charge in [0.2, 0.25) is 5.91 Å². The van der Waals surface area contributed by atoms with Gasteiger partial charge in [-0.2, -0.15) is 5.10 Å². The summed E-state index contributed by atoms with van der Waals surface area (Å²) < 4.78 is 6.65. The highest BCUT2D eigenvalue weighted by atomic mass is 79.9. The average Bonchev–Trinajstić information content (AvgIpc) is 2.37. The topological polar surface area (TPSA) is 99.2 Å². The number of carbonyl (C=O) groups is 1. The molecule has 0 aliphatic carbocycles. The molecule has 7 nitrogen and oxygen atoms in total. The quantitative estimate of drug-likeness (QED) is 0.520. The number of anilines is 1. The normalized spacial score (nSPS) is 10.2. The molecule has 1 rings (SSSR count). The molecule has 3 N–H and O–H groups in total. The molecule has 19 heavy (non-hydrogen) atoms. The van der Waals surface area contributed by atoms with Gasteiger partial charge in [-0.1, -0.05) is 6.08 Å². The summed E-state index contributed by atoms with van der Waals surface area (Å²) in [6, 6.07) is 0. The summed E-state index contributed by atoms with van der Waals surface area (Å²) >= 11 is 3.21. The third kappa shape index (κ3) is 4.84. The molecule has 1 aromatic rings. The van der Waals surface area contributed by atoms with Crippen molar-refractivity contribution in [2.24, 2.45) is 5.73 Å². The fraction of sp³-hybridized carbons (Fsp3) is 0.364.